The van der Waals surface area contributed by atoms with Crippen molar-refractivity contribution in [1.82, 2.24) is 9.80 Å². The number of nitrogens with zero attached hydrogens (tertiary/aromatic N) is 2. The van der Waals surface area contributed by atoms with Gasteiger partial charge in [-0.15, -0.1) is 0 Å². The van der Waals surface area contributed by atoms with Gasteiger partial charge >= 0.3 is 5.97 Å². The molecule has 0 radical (unpaired) electrons. The van der Waals surface area contributed by atoms with Gasteiger partial charge in [-0.05, 0) is 32.0 Å². The van der Waals surface area contributed by atoms with Gasteiger partial charge in [-0.1, -0.05) is 17.7 Å². The fourth-order valence-electron chi connectivity index (χ4n) is 2.69. The number of rotatable bonds is 5. The molecule has 0 saturated carbocycles. The summed E-state index contributed by atoms with van der Waals surface area (Å²) in [7, 11) is 1.58. The number of carbonyl (C=O) groups is 2. The molecule has 126 valence electrons. The predicted octanol–water partition coefficient (Wildman–Crippen LogP) is 2.23. The first-order chi connectivity index (χ1) is 10.7. The minimum absolute atomic E-state index is 0.0778. The molecule has 1 aromatic rings. The molecule has 7 heteroatoms. The van der Waals surface area contributed by atoms with Crippen LogP contribution < -0.4 is 0 Å². The van der Waals surface area contributed by atoms with Crippen LogP contribution in [0.5, 0.6) is 0 Å². The van der Waals surface area contributed by atoms with E-state index in [0.29, 0.717) is 19.5 Å². The second kappa shape index (κ2) is 6.84. The SMILES string of the molecule is CN(Cc1c(F)cccc1Cl)C(=O)CN1CCC(C)(C(=O)O)C1. The lowest BCUT2D eigenvalue weighted by Crippen LogP contribution is -2.39. The van der Waals surface area contributed by atoms with Gasteiger partial charge in [0.15, 0.2) is 0 Å². The van der Waals surface area contributed by atoms with Gasteiger partial charge in [-0.25, -0.2) is 4.39 Å². The van der Waals surface area contributed by atoms with Crippen molar-refractivity contribution < 1.29 is 19.1 Å². The lowest BCUT2D eigenvalue weighted by Gasteiger charge is -2.23. The summed E-state index contributed by atoms with van der Waals surface area (Å²) in [5.41, 5.74) is -0.532. The number of benzene rings is 1. The molecule has 1 saturated heterocycles. The van der Waals surface area contributed by atoms with E-state index in [4.69, 9.17) is 11.6 Å². The number of hydrogen-bond acceptors (Lipinski definition) is 3. The summed E-state index contributed by atoms with van der Waals surface area (Å²) >= 11 is 5.97. The Labute approximate surface area is 139 Å². The summed E-state index contributed by atoms with van der Waals surface area (Å²) in [5, 5.41) is 9.49. The Hall–Kier alpha value is -1.66. The number of hydrogen-bond donors (Lipinski definition) is 1. The second-order valence-corrected chi connectivity index (χ2v) is 6.68. The molecule has 0 aliphatic carbocycles. The van der Waals surface area contributed by atoms with Crippen LogP contribution in [0.2, 0.25) is 5.02 Å². The van der Waals surface area contributed by atoms with Crippen LogP contribution in [0.4, 0.5) is 4.39 Å². The summed E-state index contributed by atoms with van der Waals surface area (Å²) in [5.74, 6) is -1.49. The van der Waals surface area contributed by atoms with Crippen LogP contribution in [0.25, 0.3) is 0 Å². The fourth-order valence-corrected chi connectivity index (χ4v) is 2.91. The van der Waals surface area contributed by atoms with Crippen LogP contribution in [-0.2, 0) is 16.1 Å². The number of carbonyl (C=O) groups excluding carboxylic acids is 1. The maximum atomic E-state index is 13.8. The monoisotopic (exact) mass is 342 g/mol. The summed E-state index contributed by atoms with van der Waals surface area (Å²) in [6, 6.07) is 4.40. The topological polar surface area (TPSA) is 60.9 Å². The Kier molecular flexibility index (Phi) is 5.26. The van der Waals surface area contributed by atoms with Gasteiger partial charge in [-0.3, -0.25) is 14.5 Å². The predicted molar refractivity (Wildman–Crippen MR) is 84.7 cm³/mol. The number of amides is 1. The normalized spacial score (nSPS) is 21.4. The van der Waals surface area contributed by atoms with Crippen LogP contribution in [0.15, 0.2) is 18.2 Å². The number of likely N-dealkylation sites (N-methyl/N-ethyl adjacent to an activating group) is 1. The molecule has 1 amide bonds. The maximum Gasteiger partial charge on any atom is 0.310 e. The molecule has 1 aromatic carbocycles. The third-order valence-corrected chi connectivity index (χ3v) is 4.66. The molecule has 2 rings (SSSR count). The largest absolute Gasteiger partial charge is 0.481 e. The molecular formula is C16H20ClFN2O3. The molecule has 1 heterocycles. The van der Waals surface area contributed by atoms with Crippen LogP contribution in [0.3, 0.4) is 0 Å². The van der Waals surface area contributed by atoms with E-state index >= 15 is 0 Å². The van der Waals surface area contributed by atoms with Crippen LogP contribution in [0, 0.1) is 11.2 Å². The van der Waals surface area contributed by atoms with E-state index in [1.54, 1.807) is 20.0 Å². The maximum absolute atomic E-state index is 13.8. The van der Waals surface area contributed by atoms with E-state index in [1.165, 1.54) is 17.0 Å². The van der Waals surface area contributed by atoms with Gasteiger partial charge in [0.2, 0.25) is 5.91 Å². The highest BCUT2D eigenvalue weighted by molar-refractivity contribution is 6.31. The Morgan fingerprint density at radius 3 is 2.74 bits per heavy atom. The van der Waals surface area contributed by atoms with Crippen molar-refractivity contribution in [2.24, 2.45) is 5.41 Å². The van der Waals surface area contributed by atoms with Crippen molar-refractivity contribution >= 4 is 23.5 Å². The number of aliphatic carboxylic acids is 1. The Morgan fingerprint density at radius 1 is 1.48 bits per heavy atom. The van der Waals surface area contributed by atoms with Crippen molar-refractivity contribution in [2.75, 3.05) is 26.7 Å². The van der Waals surface area contributed by atoms with Gasteiger partial charge in [0.05, 0.1) is 12.0 Å². The highest BCUT2D eigenvalue weighted by atomic mass is 35.5. The number of halogens is 2. The van der Waals surface area contributed by atoms with Crippen molar-refractivity contribution in [1.29, 1.82) is 0 Å². The van der Waals surface area contributed by atoms with Crippen LogP contribution in [-0.4, -0.2) is 53.5 Å². The summed E-state index contributed by atoms with van der Waals surface area (Å²) in [6.07, 6.45) is 0.512. The average Bonchev–Trinajstić information content (AvgIpc) is 2.85. The van der Waals surface area contributed by atoms with Crippen molar-refractivity contribution in [2.45, 2.75) is 19.9 Å². The molecule has 1 atom stereocenters. The Balaban J connectivity index is 1.95. The molecule has 0 bridgehead atoms. The molecule has 1 fully saturated rings. The zero-order chi connectivity index (χ0) is 17.2. The lowest BCUT2D eigenvalue weighted by atomic mass is 9.90. The smallest absolute Gasteiger partial charge is 0.310 e. The number of carboxylic acids is 1. The molecule has 23 heavy (non-hydrogen) atoms. The third kappa shape index (κ3) is 4.00. The molecule has 0 spiro atoms. The molecule has 5 nitrogen and oxygen atoms in total. The molecule has 0 aromatic heterocycles. The van der Waals surface area contributed by atoms with Gasteiger partial charge in [0.1, 0.15) is 5.82 Å². The molecule has 1 aliphatic heterocycles. The van der Waals surface area contributed by atoms with Crippen LogP contribution in [0.1, 0.15) is 18.9 Å². The third-order valence-electron chi connectivity index (χ3n) is 4.31. The highest BCUT2D eigenvalue weighted by Gasteiger charge is 2.40. The van der Waals surface area contributed by atoms with E-state index in [2.05, 4.69) is 0 Å². The Bertz CT molecular complexity index is 605. The van der Waals surface area contributed by atoms with Crippen molar-refractivity contribution in [3.63, 3.8) is 0 Å². The van der Waals surface area contributed by atoms with Crippen molar-refractivity contribution in [3.8, 4) is 0 Å². The van der Waals surface area contributed by atoms with Gasteiger partial charge in [0, 0.05) is 30.7 Å². The van der Waals surface area contributed by atoms with Crippen LogP contribution >= 0.6 is 11.6 Å². The van der Waals surface area contributed by atoms with E-state index in [1.807, 2.05) is 4.90 Å². The molecule has 1 aliphatic rings. The van der Waals surface area contributed by atoms with Crippen molar-refractivity contribution in [3.05, 3.63) is 34.6 Å². The molecule has 1 N–H and O–H groups in total. The van der Waals surface area contributed by atoms with E-state index < -0.39 is 17.2 Å². The number of carboxylic acid groups (broad SMARTS) is 1. The van der Waals surface area contributed by atoms with Gasteiger partial charge in [0.25, 0.3) is 0 Å². The molecular weight excluding hydrogens is 323 g/mol. The van der Waals surface area contributed by atoms with Gasteiger partial charge in [-0.2, -0.15) is 0 Å². The molecule has 1 unspecified atom stereocenters. The van der Waals surface area contributed by atoms with E-state index in [9.17, 15) is 19.1 Å². The Morgan fingerprint density at radius 2 is 2.17 bits per heavy atom. The second-order valence-electron chi connectivity index (χ2n) is 6.28. The summed E-state index contributed by atoms with van der Waals surface area (Å²) in [4.78, 5) is 26.7. The first-order valence-corrected chi connectivity index (χ1v) is 7.73. The highest BCUT2D eigenvalue weighted by Crippen LogP contribution is 2.30. The van der Waals surface area contributed by atoms with E-state index in [0.717, 1.165) is 0 Å². The number of likely N-dealkylation sites (tertiary alicyclic amines) is 1. The average molecular weight is 343 g/mol. The zero-order valence-corrected chi connectivity index (χ0v) is 13.9. The lowest BCUT2D eigenvalue weighted by molar-refractivity contribution is -0.147. The first kappa shape index (κ1) is 17.7. The summed E-state index contributed by atoms with van der Waals surface area (Å²) < 4.78 is 13.8. The zero-order valence-electron chi connectivity index (χ0n) is 13.2. The minimum atomic E-state index is -0.848. The quantitative estimate of drug-likeness (QED) is 0.891. The van der Waals surface area contributed by atoms with E-state index in [-0.39, 0.29) is 29.6 Å². The standard InChI is InChI=1S/C16H20ClFN2O3/c1-16(15(22)23)6-7-20(10-16)9-14(21)19(2)8-11-12(17)4-3-5-13(11)18/h3-5H,6-10H2,1-2H3,(H,22,23). The first-order valence-electron chi connectivity index (χ1n) is 7.35. The summed E-state index contributed by atoms with van der Waals surface area (Å²) in [6.45, 7) is 2.77. The minimum Gasteiger partial charge on any atom is -0.481 e. The fraction of sp³-hybridized carbons (Fsp3) is 0.500. The van der Waals surface area contributed by atoms with Gasteiger partial charge < -0.3 is 10.0 Å².